The number of carbonyl (C=O) groups excluding carboxylic acids is 1. The maximum atomic E-state index is 13.2. The Hall–Kier alpha value is -1.35. The summed E-state index contributed by atoms with van der Waals surface area (Å²) in [5, 5.41) is -0.126. The standard InChI is InChI=1S/C12H10ClFO2/c13-11-9(4-1-5-10(11)14)12(15)8-3-2-6-16-7-8/h1,4-5,7H,2-3,6H2. The molecule has 4 heteroatoms. The minimum atomic E-state index is -0.579. The van der Waals surface area contributed by atoms with Crippen molar-refractivity contribution in [3.63, 3.8) is 0 Å². The maximum absolute atomic E-state index is 13.2. The molecular formula is C12H10ClFO2. The normalized spacial score (nSPS) is 15.2. The number of hydrogen-bond acceptors (Lipinski definition) is 2. The molecule has 16 heavy (non-hydrogen) atoms. The number of ketones is 1. The average Bonchev–Trinajstić information content (AvgIpc) is 2.33. The van der Waals surface area contributed by atoms with Crippen LogP contribution in [-0.4, -0.2) is 12.4 Å². The van der Waals surface area contributed by atoms with E-state index in [1.807, 2.05) is 0 Å². The lowest BCUT2D eigenvalue weighted by Crippen LogP contribution is -2.10. The molecule has 1 aliphatic rings. The summed E-state index contributed by atoms with van der Waals surface area (Å²) in [5.74, 6) is -0.839. The lowest BCUT2D eigenvalue weighted by atomic mass is 9.99. The SMILES string of the molecule is O=C(C1=COCCC1)c1cccc(F)c1Cl. The van der Waals surface area contributed by atoms with Crippen LogP contribution >= 0.6 is 11.6 Å². The fraction of sp³-hybridized carbons (Fsp3) is 0.250. The van der Waals surface area contributed by atoms with Gasteiger partial charge in [-0.25, -0.2) is 4.39 Å². The van der Waals surface area contributed by atoms with Crippen LogP contribution in [0.2, 0.25) is 5.02 Å². The van der Waals surface area contributed by atoms with E-state index in [0.717, 1.165) is 6.42 Å². The second kappa shape index (κ2) is 4.66. The van der Waals surface area contributed by atoms with Gasteiger partial charge < -0.3 is 4.74 Å². The van der Waals surface area contributed by atoms with Gasteiger partial charge in [0, 0.05) is 11.1 Å². The summed E-state index contributed by atoms with van der Waals surface area (Å²) in [7, 11) is 0. The van der Waals surface area contributed by atoms with Gasteiger partial charge in [0.15, 0.2) is 5.78 Å². The zero-order valence-corrected chi connectivity index (χ0v) is 9.26. The largest absolute Gasteiger partial charge is 0.501 e. The van der Waals surface area contributed by atoms with Crippen LogP contribution in [0.3, 0.4) is 0 Å². The number of benzene rings is 1. The van der Waals surface area contributed by atoms with Crippen LogP contribution in [-0.2, 0) is 4.74 Å². The van der Waals surface area contributed by atoms with Crippen molar-refractivity contribution in [2.75, 3.05) is 6.61 Å². The average molecular weight is 241 g/mol. The summed E-state index contributed by atoms with van der Waals surface area (Å²) in [6.07, 6.45) is 2.88. The highest BCUT2D eigenvalue weighted by atomic mass is 35.5. The van der Waals surface area contributed by atoms with E-state index in [0.29, 0.717) is 18.6 Å². The molecule has 1 heterocycles. The van der Waals surface area contributed by atoms with Gasteiger partial charge in [-0.1, -0.05) is 17.7 Å². The summed E-state index contributed by atoms with van der Waals surface area (Å²) in [6.45, 7) is 0.619. The van der Waals surface area contributed by atoms with Gasteiger partial charge in [-0.05, 0) is 25.0 Å². The van der Waals surface area contributed by atoms with Gasteiger partial charge in [-0.15, -0.1) is 0 Å². The van der Waals surface area contributed by atoms with E-state index >= 15 is 0 Å². The van der Waals surface area contributed by atoms with Crippen LogP contribution in [0, 0.1) is 5.82 Å². The van der Waals surface area contributed by atoms with Crippen LogP contribution < -0.4 is 0 Å². The Kier molecular flexibility index (Phi) is 3.25. The van der Waals surface area contributed by atoms with Crippen molar-refractivity contribution in [2.45, 2.75) is 12.8 Å². The molecule has 1 aliphatic heterocycles. The monoisotopic (exact) mass is 240 g/mol. The number of ether oxygens (including phenoxy) is 1. The third kappa shape index (κ3) is 2.09. The Bertz CT molecular complexity index is 454. The molecule has 2 rings (SSSR count). The zero-order chi connectivity index (χ0) is 11.5. The van der Waals surface area contributed by atoms with Crippen LogP contribution in [0.25, 0.3) is 0 Å². The number of hydrogen-bond donors (Lipinski definition) is 0. The van der Waals surface area contributed by atoms with Crippen LogP contribution in [0.4, 0.5) is 4.39 Å². The van der Waals surface area contributed by atoms with Gasteiger partial charge in [-0.3, -0.25) is 4.79 Å². The number of halogens is 2. The topological polar surface area (TPSA) is 26.3 Å². The van der Waals surface area contributed by atoms with Crippen molar-refractivity contribution in [1.82, 2.24) is 0 Å². The highest BCUT2D eigenvalue weighted by Gasteiger charge is 2.19. The molecule has 0 aliphatic carbocycles. The zero-order valence-electron chi connectivity index (χ0n) is 8.50. The molecule has 0 radical (unpaired) electrons. The van der Waals surface area contributed by atoms with E-state index in [9.17, 15) is 9.18 Å². The minimum Gasteiger partial charge on any atom is -0.501 e. The van der Waals surface area contributed by atoms with Crippen molar-refractivity contribution >= 4 is 17.4 Å². The van der Waals surface area contributed by atoms with Crippen molar-refractivity contribution in [2.24, 2.45) is 0 Å². The molecule has 0 atom stereocenters. The number of Topliss-reactive ketones (excluding diaryl/α,β-unsaturated/α-hetero) is 1. The molecule has 0 fully saturated rings. The second-order valence-corrected chi connectivity index (χ2v) is 3.93. The van der Waals surface area contributed by atoms with Crippen LogP contribution in [0.1, 0.15) is 23.2 Å². The Morgan fingerprint density at radius 3 is 2.94 bits per heavy atom. The third-order valence-electron chi connectivity index (χ3n) is 2.42. The molecule has 1 aromatic rings. The van der Waals surface area contributed by atoms with Crippen LogP contribution in [0.5, 0.6) is 0 Å². The molecular weight excluding hydrogens is 231 g/mol. The van der Waals surface area contributed by atoms with E-state index in [-0.39, 0.29) is 16.4 Å². The van der Waals surface area contributed by atoms with Gasteiger partial charge in [0.2, 0.25) is 0 Å². The molecule has 1 aromatic carbocycles. The van der Waals surface area contributed by atoms with Gasteiger partial charge in [-0.2, -0.15) is 0 Å². The lowest BCUT2D eigenvalue weighted by molar-refractivity contribution is 0.101. The molecule has 0 unspecified atom stereocenters. The maximum Gasteiger partial charge on any atom is 0.193 e. The van der Waals surface area contributed by atoms with Crippen molar-refractivity contribution in [3.05, 3.63) is 46.4 Å². The van der Waals surface area contributed by atoms with E-state index in [1.54, 1.807) is 0 Å². The quantitative estimate of drug-likeness (QED) is 0.741. The third-order valence-corrected chi connectivity index (χ3v) is 2.81. The number of carbonyl (C=O) groups is 1. The second-order valence-electron chi connectivity index (χ2n) is 3.55. The molecule has 84 valence electrons. The summed E-state index contributed by atoms with van der Waals surface area (Å²) < 4.78 is 18.2. The molecule has 0 bridgehead atoms. The highest BCUT2D eigenvalue weighted by Crippen LogP contribution is 2.24. The van der Waals surface area contributed by atoms with Crippen molar-refractivity contribution < 1.29 is 13.9 Å². The van der Waals surface area contributed by atoms with E-state index in [4.69, 9.17) is 16.3 Å². The first-order chi connectivity index (χ1) is 7.70. The lowest BCUT2D eigenvalue weighted by Gasteiger charge is -2.13. The Balaban J connectivity index is 2.33. The number of allylic oxidation sites excluding steroid dienone is 1. The summed E-state index contributed by atoms with van der Waals surface area (Å²) in [5.41, 5.74) is 0.733. The fourth-order valence-corrected chi connectivity index (χ4v) is 1.80. The van der Waals surface area contributed by atoms with Crippen molar-refractivity contribution in [1.29, 1.82) is 0 Å². The van der Waals surface area contributed by atoms with E-state index in [1.165, 1.54) is 24.5 Å². The molecule has 2 nitrogen and oxygen atoms in total. The minimum absolute atomic E-state index is 0.126. The first-order valence-corrected chi connectivity index (χ1v) is 5.37. The van der Waals surface area contributed by atoms with Gasteiger partial charge in [0.25, 0.3) is 0 Å². The van der Waals surface area contributed by atoms with Gasteiger partial charge >= 0.3 is 0 Å². The van der Waals surface area contributed by atoms with E-state index in [2.05, 4.69) is 0 Å². The van der Waals surface area contributed by atoms with Gasteiger partial charge in [0.1, 0.15) is 5.82 Å². The Labute approximate surface area is 97.7 Å². The molecule has 0 spiro atoms. The predicted octanol–water partition coefficient (Wildman–Crippen LogP) is 3.36. The highest BCUT2D eigenvalue weighted by molar-refractivity contribution is 6.35. The van der Waals surface area contributed by atoms with Gasteiger partial charge in [0.05, 0.1) is 17.9 Å². The van der Waals surface area contributed by atoms with E-state index < -0.39 is 5.82 Å². The summed E-state index contributed by atoms with van der Waals surface area (Å²) >= 11 is 5.74. The molecule has 0 saturated carbocycles. The smallest absolute Gasteiger partial charge is 0.193 e. The molecule has 0 aromatic heterocycles. The number of rotatable bonds is 2. The molecule has 0 amide bonds. The first kappa shape index (κ1) is 11.1. The predicted molar refractivity (Wildman–Crippen MR) is 59.0 cm³/mol. The first-order valence-electron chi connectivity index (χ1n) is 4.99. The molecule has 0 saturated heterocycles. The Morgan fingerprint density at radius 2 is 2.25 bits per heavy atom. The summed E-state index contributed by atoms with van der Waals surface area (Å²) in [4.78, 5) is 12.0. The van der Waals surface area contributed by atoms with Crippen LogP contribution in [0.15, 0.2) is 30.0 Å². The summed E-state index contributed by atoms with van der Waals surface area (Å²) in [6, 6.07) is 4.22. The Morgan fingerprint density at radius 1 is 1.44 bits per heavy atom. The molecule has 0 N–H and O–H groups in total. The fourth-order valence-electron chi connectivity index (χ4n) is 1.58. The van der Waals surface area contributed by atoms with Crippen molar-refractivity contribution in [3.8, 4) is 0 Å².